The van der Waals surface area contributed by atoms with Crippen molar-refractivity contribution in [2.45, 2.75) is 50.1 Å². The molecule has 1 amide bonds. The molecule has 9 heteroatoms. The highest BCUT2D eigenvalue weighted by molar-refractivity contribution is 5.75. The lowest BCUT2D eigenvalue weighted by Crippen LogP contribution is -2.49. The molecule has 0 aromatic carbocycles. The highest BCUT2D eigenvalue weighted by Crippen LogP contribution is 2.05. The Labute approximate surface area is 121 Å². The number of hydrogen-bond acceptors (Lipinski definition) is 7. The second-order valence-electron chi connectivity index (χ2n) is 4.70. The number of carbonyl (C=O) groups is 2. The zero-order valence-electron chi connectivity index (χ0n) is 11.6. The molecule has 124 valence electrons. The van der Waals surface area contributed by atoms with Gasteiger partial charge in [0.25, 0.3) is 0 Å². The molecule has 0 rings (SSSR count). The summed E-state index contributed by atoms with van der Waals surface area (Å²) in [4.78, 5) is 21.6. The minimum Gasteiger partial charge on any atom is -0.481 e. The summed E-state index contributed by atoms with van der Waals surface area (Å²) in [6, 6.07) is 0. The quantitative estimate of drug-likeness (QED) is 0.201. The topological polar surface area (TPSA) is 168 Å². The predicted octanol–water partition coefficient (Wildman–Crippen LogP) is -2.82. The van der Waals surface area contributed by atoms with Crippen LogP contribution >= 0.6 is 0 Å². The molecular weight excluding hydrogens is 286 g/mol. The van der Waals surface area contributed by atoms with Gasteiger partial charge in [-0.15, -0.1) is 0 Å². The van der Waals surface area contributed by atoms with E-state index in [1.807, 2.05) is 0 Å². The number of aliphatic hydroxyl groups is 5. The van der Waals surface area contributed by atoms with Crippen LogP contribution in [0.1, 0.15) is 25.7 Å². The van der Waals surface area contributed by atoms with Gasteiger partial charge < -0.3 is 36.0 Å². The molecular formula is C12H23NO8. The van der Waals surface area contributed by atoms with Crippen molar-refractivity contribution in [3.05, 3.63) is 0 Å². The Hall–Kier alpha value is -1.26. The molecule has 0 fully saturated rings. The van der Waals surface area contributed by atoms with Crippen LogP contribution in [0.4, 0.5) is 0 Å². The SMILES string of the molecule is O=C(O)CCCCC(=O)NC[C@H](O)[C@@H](O)[C@H](O)[C@H](O)CO. The van der Waals surface area contributed by atoms with E-state index >= 15 is 0 Å². The molecule has 9 nitrogen and oxygen atoms in total. The molecule has 0 spiro atoms. The predicted molar refractivity (Wildman–Crippen MR) is 70.2 cm³/mol. The number of hydrogen-bond donors (Lipinski definition) is 7. The number of aliphatic hydroxyl groups excluding tert-OH is 5. The molecule has 0 aromatic rings. The van der Waals surface area contributed by atoms with Gasteiger partial charge in [0.2, 0.25) is 5.91 Å². The Morgan fingerprint density at radius 3 is 1.95 bits per heavy atom. The van der Waals surface area contributed by atoms with Crippen LogP contribution in [-0.4, -0.2) is 80.1 Å². The van der Waals surface area contributed by atoms with Gasteiger partial charge in [-0.05, 0) is 12.8 Å². The second kappa shape index (κ2) is 10.5. The van der Waals surface area contributed by atoms with Crippen molar-refractivity contribution in [3.8, 4) is 0 Å². The molecule has 0 unspecified atom stereocenters. The maximum absolute atomic E-state index is 11.4. The Kier molecular flexibility index (Phi) is 9.84. The summed E-state index contributed by atoms with van der Waals surface area (Å²) >= 11 is 0. The second-order valence-corrected chi connectivity index (χ2v) is 4.70. The summed E-state index contributed by atoms with van der Waals surface area (Å²) in [5, 5.41) is 56.8. The summed E-state index contributed by atoms with van der Waals surface area (Å²) in [7, 11) is 0. The third kappa shape index (κ3) is 8.58. The molecule has 0 aliphatic heterocycles. The summed E-state index contributed by atoms with van der Waals surface area (Å²) in [5.74, 6) is -1.37. The standard InChI is InChI=1S/C12H23NO8/c14-6-8(16)12(21)11(20)7(15)5-13-9(17)3-1-2-4-10(18)19/h7-8,11-12,14-16,20-21H,1-6H2,(H,13,17)(H,18,19)/t7-,8+,11+,12+/m0/s1. The summed E-state index contributed by atoms with van der Waals surface area (Å²) in [6.07, 6.45) is -5.78. The number of amides is 1. The maximum Gasteiger partial charge on any atom is 0.303 e. The Morgan fingerprint density at radius 2 is 1.43 bits per heavy atom. The van der Waals surface area contributed by atoms with Crippen LogP contribution in [-0.2, 0) is 9.59 Å². The van der Waals surface area contributed by atoms with E-state index in [4.69, 9.17) is 15.3 Å². The van der Waals surface area contributed by atoms with Crippen molar-refractivity contribution >= 4 is 11.9 Å². The summed E-state index contributed by atoms with van der Waals surface area (Å²) in [6.45, 7) is -1.12. The first-order valence-electron chi connectivity index (χ1n) is 6.61. The molecule has 0 bridgehead atoms. The zero-order chi connectivity index (χ0) is 16.4. The first-order chi connectivity index (χ1) is 9.79. The first-order valence-corrected chi connectivity index (χ1v) is 6.61. The van der Waals surface area contributed by atoms with Gasteiger partial charge >= 0.3 is 5.97 Å². The maximum atomic E-state index is 11.4. The van der Waals surface area contributed by atoms with Crippen LogP contribution in [0, 0.1) is 0 Å². The van der Waals surface area contributed by atoms with Crippen molar-refractivity contribution in [3.63, 3.8) is 0 Å². The van der Waals surface area contributed by atoms with E-state index in [1.54, 1.807) is 0 Å². The number of nitrogens with one attached hydrogen (secondary N) is 1. The Balaban J connectivity index is 3.93. The van der Waals surface area contributed by atoms with Crippen LogP contribution in [0.15, 0.2) is 0 Å². The van der Waals surface area contributed by atoms with Gasteiger partial charge in [-0.2, -0.15) is 0 Å². The fraction of sp³-hybridized carbons (Fsp3) is 0.833. The molecule has 0 aliphatic rings. The lowest BCUT2D eigenvalue weighted by atomic mass is 10.0. The van der Waals surface area contributed by atoms with Crippen molar-refractivity contribution in [1.29, 1.82) is 0 Å². The number of carbonyl (C=O) groups excluding carboxylic acids is 1. The minimum atomic E-state index is -1.74. The van der Waals surface area contributed by atoms with E-state index in [-0.39, 0.29) is 19.4 Å². The largest absolute Gasteiger partial charge is 0.481 e. The average Bonchev–Trinajstić information content (AvgIpc) is 2.46. The molecule has 0 aliphatic carbocycles. The van der Waals surface area contributed by atoms with Crippen LogP contribution in [0.3, 0.4) is 0 Å². The fourth-order valence-electron chi connectivity index (χ4n) is 1.55. The Bertz CT molecular complexity index is 324. The van der Waals surface area contributed by atoms with Gasteiger partial charge in [0.05, 0.1) is 12.7 Å². The van der Waals surface area contributed by atoms with Gasteiger partial charge in [0.15, 0.2) is 0 Å². The molecule has 21 heavy (non-hydrogen) atoms. The fourth-order valence-corrected chi connectivity index (χ4v) is 1.55. The van der Waals surface area contributed by atoms with Gasteiger partial charge in [-0.3, -0.25) is 9.59 Å². The van der Waals surface area contributed by atoms with Gasteiger partial charge in [-0.25, -0.2) is 0 Å². The summed E-state index contributed by atoms with van der Waals surface area (Å²) in [5.41, 5.74) is 0. The normalized spacial score (nSPS) is 16.8. The lowest BCUT2D eigenvalue weighted by Gasteiger charge is -2.25. The molecule has 0 aromatic heterocycles. The first kappa shape index (κ1) is 19.7. The van der Waals surface area contributed by atoms with Crippen molar-refractivity contribution in [1.82, 2.24) is 5.32 Å². The molecule has 0 heterocycles. The third-order valence-corrected chi connectivity index (χ3v) is 2.88. The Morgan fingerprint density at radius 1 is 0.905 bits per heavy atom. The monoisotopic (exact) mass is 309 g/mol. The van der Waals surface area contributed by atoms with Crippen molar-refractivity contribution < 1.29 is 40.2 Å². The van der Waals surface area contributed by atoms with Crippen molar-refractivity contribution in [2.75, 3.05) is 13.2 Å². The number of unbranched alkanes of at least 4 members (excludes halogenated alkanes) is 1. The molecule has 4 atom stereocenters. The van der Waals surface area contributed by atoms with E-state index in [2.05, 4.69) is 5.32 Å². The highest BCUT2D eigenvalue weighted by atomic mass is 16.4. The average molecular weight is 309 g/mol. The summed E-state index contributed by atoms with van der Waals surface area (Å²) < 4.78 is 0. The minimum absolute atomic E-state index is 0.0279. The van der Waals surface area contributed by atoms with Crippen LogP contribution < -0.4 is 5.32 Å². The van der Waals surface area contributed by atoms with Crippen LogP contribution in [0.2, 0.25) is 0 Å². The molecule has 0 saturated carbocycles. The number of rotatable bonds is 11. The zero-order valence-corrected chi connectivity index (χ0v) is 11.6. The van der Waals surface area contributed by atoms with E-state index in [1.165, 1.54) is 0 Å². The molecule has 0 radical (unpaired) electrons. The van der Waals surface area contributed by atoms with E-state index in [0.29, 0.717) is 12.8 Å². The molecule has 7 N–H and O–H groups in total. The van der Waals surface area contributed by atoms with Crippen molar-refractivity contribution in [2.24, 2.45) is 0 Å². The van der Waals surface area contributed by atoms with E-state index < -0.39 is 42.9 Å². The molecule has 0 saturated heterocycles. The third-order valence-electron chi connectivity index (χ3n) is 2.88. The van der Waals surface area contributed by atoms with Gasteiger partial charge in [0.1, 0.15) is 18.3 Å². The van der Waals surface area contributed by atoms with E-state index in [0.717, 1.165) is 0 Å². The smallest absolute Gasteiger partial charge is 0.303 e. The highest BCUT2D eigenvalue weighted by Gasteiger charge is 2.29. The number of aliphatic carboxylic acids is 1. The number of carboxylic acids is 1. The van der Waals surface area contributed by atoms with Gasteiger partial charge in [-0.1, -0.05) is 0 Å². The van der Waals surface area contributed by atoms with E-state index in [9.17, 15) is 24.9 Å². The number of carboxylic acid groups (broad SMARTS) is 1. The lowest BCUT2D eigenvalue weighted by molar-refractivity contribution is -0.137. The van der Waals surface area contributed by atoms with Crippen LogP contribution in [0.5, 0.6) is 0 Å². The van der Waals surface area contributed by atoms with Gasteiger partial charge in [0, 0.05) is 19.4 Å². The van der Waals surface area contributed by atoms with Crippen LogP contribution in [0.25, 0.3) is 0 Å².